The third-order valence-corrected chi connectivity index (χ3v) is 1.78. The van der Waals surface area contributed by atoms with Crippen molar-refractivity contribution in [2.24, 2.45) is 0 Å². The van der Waals surface area contributed by atoms with Crippen LogP contribution < -0.4 is 0 Å². The summed E-state index contributed by atoms with van der Waals surface area (Å²) in [4.78, 5) is 19.9. The first-order chi connectivity index (χ1) is 7.60. The van der Waals surface area contributed by atoms with Gasteiger partial charge in [0.25, 0.3) is 10.1 Å². The monoisotopic (exact) mass is 266 g/mol. The third kappa shape index (κ3) is 17.0. The van der Waals surface area contributed by atoms with E-state index in [2.05, 4.69) is 17.9 Å². The molecule has 0 aromatic rings. The van der Waals surface area contributed by atoms with Crippen molar-refractivity contribution < 1.29 is 32.4 Å². The summed E-state index contributed by atoms with van der Waals surface area (Å²) in [6.45, 7) is 7.33. The van der Waals surface area contributed by atoms with Crippen LogP contribution in [0, 0.1) is 0 Å². The number of carboxylic acids is 1. The van der Waals surface area contributed by atoms with Gasteiger partial charge in [0.15, 0.2) is 0 Å². The molecule has 0 unspecified atom stereocenters. The van der Waals surface area contributed by atoms with E-state index in [1.54, 1.807) is 0 Å². The van der Waals surface area contributed by atoms with Gasteiger partial charge >= 0.3 is 11.9 Å². The van der Waals surface area contributed by atoms with Crippen LogP contribution in [-0.4, -0.2) is 42.4 Å². The number of hydrogen-bond donors (Lipinski definition) is 2. The number of carbonyl (C=O) groups is 2. The maximum atomic E-state index is 10.6. The van der Waals surface area contributed by atoms with Crippen molar-refractivity contribution in [3.63, 3.8) is 0 Å². The predicted molar refractivity (Wildman–Crippen MR) is 60.0 cm³/mol. The van der Waals surface area contributed by atoms with Crippen LogP contribution in [0.2, 0.25) is 0 Å². The van der Waals surface area contributed by atoms with Gasteiger partial charge in [-0.1, -0.05) is 13.2 Å². The van der Waals surface area contributed by atoms with E-state index in [4.69, 9.17) is 9.66 Å². The Morgan fingerprint density at radius 2 is 1.82 bits per heavy atom. The predicted octanol–water partition coefficient (Wildman–Crippen LogP) is 0.251. The number of aliphatic carboxylic acids is 1. The van der Waals surface area contributed by atoms with Gasteiger partial charge in [-0.3, -0.25) is 4.55 Å². The summed E-state index contributed by atoms with van der Waals surface area (Å²) in [6, 6.07) is 0. The van der Waals surface area contributed by atoms with Gasteiger partial charge in [0.05, 0.1) is 0 Å². The zero-order valence-electron chi connectivity index (χ0n) is 9.25. The molecule has 0 aliphatic carbocycles. The number of rotatable bonds is 5. The molecule has 8 heteroatoms. The number of carbonyl (C=O) groups excluding carboxylic acids is 1. The van der Waals surface area contributed by atoms with E-state index >= 15 is 0 Å². The van der Waals surface area contributed by atoms with Gasteiger partial charge in [0.1, 0.15) is 12.4 Å². The summed E-state index contributed by atoms with van der Waals surface area (Å²) in [7, 11) is -4.05. The summed E-state index contributed by atoms with van der Waals surface area (Å²) in [5.41, 5.74) is 0.185. The fraction of sp³-hybridized carbons (Fsp3) is 0.333. The van der Waals surface area contributed by atoms with E-state index in [0.717, 1.165) is 6.08 Å². The molecule has 0 radical (unpaired) electrons. The molecule has 0 aliphatic rings. The Kier molecular flexibility index (Phi) is 8.84. The number of esters is 1. The Balaban J connectivity index is 0. The highest BCUT2D eigenvalue weighted by Gasteiger charge is 2.07. The minimum atomic E-state index is -4.05. The highest BCUT2D eigenvalue weighted by atomic mass is 32.2. The second-order valence-corrected chi connectivity index (χ2v) is 4.32. The molecule has 0 heterocycles. The Bertz CT molecular complexity index is 394. The summed E-state index contributed by atoms with van der Waals surface area (Å²) in [5, 5.41) is 7.60. The van der Waals surface area contributed by atoms with Crippen LogP contribution >= 0.6 is 0 Å². The molecule has 0 aromatic carbocycles. The van der Waals surface area contributed by atoms with Crippen LogP contribution in [0.25, 0.3) is 0 Å². The van der Waals surface area contributed by atoms with E-state index in [1.165, 1.54) is 6.92 Å². The second-order valence-electron chi connectivity index (χ2n) is 2.74. The second kappa shape index (κ2) is 8.48. The Morgan fingerprint density at radius 1 is 1.41 bits per heavy atom. The zero-order chi connectivity index (χ0) is 14.1. The molecule has 0 amide bonds. The van der Waals surface area contributed by atoms with Crippen LogP contribution in [0.4, 0.5) is 0 Å². The first-order valence-corrected chi connectivity index (χ1v) is 5.84. The van der Waals surface area contributed by atoms with Gasteiger partial charge in [-0.15, -0.1) is 0 Å². The van der Waals surface area contributed by atoms with Gasteiger partial charge in [0.2, 0.25) is 0 Å². The molecule has 0 aromatic heterocycles. The van der Waals surface area contributed by atoms with Crippen LogP contribution in [0.1, 0.15) is 6.92 Å². The van der Waals surface area contributed by atoms with E-state index < -0.39 is 27.8 Å². The number of hydrogen-bond acceptors (Lipinski definition) is 5. The minimum absolute atomic E-state index is 0.185. The highest BCUT2D eigenvalue weighted by Crippen LogP contribution is 1.92. The lowest BCUT2D eigenvalue weighted by atomic mass is 10.4. The van der Waals surface area contributed by atoms with E-state index in [1.807, 2.05) is 0 Å². The van der Waals surface area contributed by atoms with E-state index in [9.17, 15) is 18.0 Å². The van der Waals surface area contributed by atoms with Crippen molar-refractivity contribution in [2.45, 2.75) is 6.92 Å². The standard InChI is InChI=1S/C6H10O5S.C3H4O2/c1-5(2)6(7)11-3-4-12(8,9)10;1-2-3(4)5/h1,3-4H2,2H3,(H,8,9,10);2H,1H2,(H,4,5). The molecule has 0 aliphatic heterocycles. The number of carboxylic acid groups (broad SMARTS) is 1. The molecule has 0 bridgehead atoms. The first kappa shape index (κ1) is 17.7. The molecule has 2 N–H and O–H groups in total. The summed E-state index contributed by atoms with van der Waals surface area (Å²) in [6.07, 6.45) is 0.833. The van der Waals surface area contributed by atoms with Crippen molar-refractivity contribution in [2.75, 3.05) is 12.4 Å². The van der Waals surface area contributed by atoms with Gasteiger partial charge in [0, 0.05) is 11.6 Å². The van der Waals surface area contributed by atoms with Crippen LogP contribution in [0.3, 0.4) is 0 Å². The molecule has 0 saturated heterocycles. The normalized spacial score (nSPS) is 9.53. The van der Waals surface area contributed by atoms with E-state index in [-0.39, 0.29) is 12.2 Å². The fourth-order valence-corrected chi connectivity index (χ4v) is 0.657. The molecule has 0 saturated carbocycles. The molecule has 98 valence electrons. The van der Waals surface area contributed by atoms with Crippen molar-refractivity contribution in [3.8, 4) is 0 Å². The molecule has 0 spiro atoms. The van der Waals surface area contributed by atoms with E-state index in [0.29, 0.717) is 0 Å². The fourth-order valence-electron chi connectivity index (χ4n) is 0.363. The lowest BCUT2D eigenvalue weighted by Crippen LogP contribution is -2.14. The Morgan fingerprint density at radius 3 is 2.06 bits per heavy atom. The molecule has 17 heavy (non-hydrogen) atoms. The highest BCUT2D eigenvalue weighted by molar-refractivity contribution is 7.85. The molecular weight excluding hydrogens is 252 g/mol. The molecule has 0 atom stereocenters. The molecular formula is C9H14O7S. The maximum absolute atomic E-state index is 10.6. The lowest BCUT2D eigenvalue weighted by Gasteiger charge is -2.01. The lowest BCUT2D eigenvalue weighted by molar-refractivity contribution is -0.138. The van der Waals surface area contributed by atoms with Gasteiger partial charge < -0.3 is 9.84 Å². The van der Waals surface area contributed by atoms with Gasteiger partial charge in [-0.25, -0.2) is 9.59 Å². The molecule has 0 fully saturated rings. The van der Waals surface area contributed by atoms with Crippen LogP contribution in [0.5, 0.6) is 0 Å². The summed E-state index contributed by atoms with van der Waals surface area (Å²) >= 11 is 0. The Labute approximate surface area is 99.1 Å². The van der Waals surface area contributed by atoms with Crippen molar-refractivity contribution in [1.82, 2.24) is 0 Å². The Hall–Kier alpha value is -1.67. The topological polar surface area (TPSA) is 118 Å². The summed E-state index contributed by atoms with van der Waals surface area (Å²) < 4.78 is 32.9. The molecule has 0 rings (SSSR count). The van der Waals surface area contributed by atoms with Crippen molar-refractivity contribution >= 4 is 22.1 Å². The smallest absolute Gasteiger partial charge is 0.333 e. The largest absolute Gasteiger partial charge is 0.478 e. The molecule has 7 nitrogen and oxygen atoms in total. The maximum Gasteiger partial charge on any atom is 0.333 e. The zero-order valence-corrected chi connectivity index (χ0v) is 10.1. The quantitative estimate of drug-likeness (QED) is 0.416. The average Bonchev–Trinajstić information content (AvgIpc) is 2.16. The third-order valence-electron chi connectivity index (χ3n) is 1.10. The first-order valence-electron chi connectivity index (χ1n) is 4.23. The van der Waals surface area contributed by atoms with Gasteiger partial charge in [-0.2, -0.15) is 8.42 Å². The van der Waals surface area contributed by atoms with Gasteiger partial charge in [-0.05, 0) is 6.92 Å². The van der Waals surface area contributed by atoms with Crippen molar-refractivity contribution in [3.05, 3.63) is 24.8 Å². The van der Waals surface area contributed by atoms with Crippen LogP contribution in [-0.2, 0) is 24.4 Å². The minimum Gasteiger partial charge on any atom is -0.478 e. The van der Waals surface area contributed by atoms with Crippen LogP contribution in [0.15, 0.2) is 24.8 Å². The SMILES string of the molecule is C=C(C)C(=O)OCCS(=O)(=O)O.C=CC(=O)O. The number of ether oxygens (including phenoxy) is 1. The summed E-state index contributed by atoms with van der Waals surface area (Å²) in [5.74, 6) is -2.24. The average molecular weight is 266 g/mol. The van der Waals surface area contributed by atoms with Crippen molar-refractivity contribution in [1.29, 1.82) is 0 Å².